The van der Waals surface area contributed by atoms with Crippen LogP contribution in [0.5, 0.6) is 0 Å². The van der Waals surface area contributed by atoms with Gasteiger partial charge in [0, 0.05) is 21.8 Å². The van der Waals surface area contributed by atoms with Gasteiger partial charge < -0.3 is 11.1 Å². The van der Waals surface area contributed by atoms with Crippen molar-refractivity contribution in [1.82, 2.24) is 0 Å². The normalized spacial score (nSPS) is 23.7. The maximum Gasteiger partial charge on any atom is 0.229 e. The summed E-state index contributed by atoms with van der Waals surface area (Å²) in [6, 6.07) is 4.95. The Labute approximate surface area is 123 Å². The predicted octanol–water partition coefficient (Wildman–Crippen LogP) is 3.84. The van der Waals surface area contributed by atoms with E-state index in [1.807, 2.05) is 0 Å². The van der Waals surface area contributed by atoms with Crippen LogP contribution >= 0.6 is 23.2 Å². The molecule has 1 aliphatic carbocycles. The van der Waals surface area contributed by atoms with E-state index in [0.717, 1.165) is 32.1 Å². The highest BCUT2D eigenvalue weighted by Gasteiger charge is 2.27. The van der Waals surface area contributed by atoms with Gasteiger partial charge in [-0.3, -0.25) is 4.79 Å². The van der Waals surface area contributed by atoms with E-state index in [2.05, 4.69) is 5.32 Å². The van der Waals surface area contributed by atoms with Crippen LogP contribution < -0.4 is 11.1 Å². The first-order valence-electron chi connectivity index (χ1n) is 6.59. The highest BCUT2D eigenvalue weighted by Crippen LogP contribution is 2.26. The molecule has 2 rings (SSSR count). The molecule has 104 valence electrons. The van der Waals surface area contributed by atoms with Crippen LogP contribution in [0.1, 0.15) is 32.1 Å². The van der Waals surface area contributed by atoms with Crippen molar-refractivity contribution in [1.29, 1.82) is 0 Å². The van der Waals surface area contributed by atoms with Crippen LogP contribution in [0.15, 0.2) is 18.2 Å². The zero-order valence-corrected chi connectivity index (χ0v) is 12.2. The van der Waals surface area contributed by atoms with Gasteiger partial charge in [0.05, 0.1) is 5.92 Å². The molecule has 1 aromatic rings. The lowest BCUT2D eigenvalue weighted by molar-refractivity contribution is -0.120. The molecule has 1 aromatic carbocycles. The SMILES string of the molecule is NC1CCCCCC1C(=O)Nc1cc(Cl)cc(Cl)c1. The largest absolute Gasteiger partial charge is 0.327 e. The van der Waals surface area contributed by atoms with Gasteiger partial charge >= 0.3 is 0 Å². The van der Waals surface area contributed by atoms with Crippen molar-refractivity contribution in [3.63, 3.8) is 0 Å². The number of nitrogens with one attached hydrogen (secondary N) is 1. The molecule has 0 heterocycles. The zero-order chi connectivity index (χ0) is 13.8. The third kappa shape index (κ3) is 4.10. The van der Waals surface area contributed by atoms with E-state index in [1.54, 1.807) is 18.2 Å². The van der Waals surface area contributed by atoms with Crippen molar-refractivity contribution in [3.8, 4) is 0 Å². The average Bonchev–Trinajstić information content (AvgIpc) is 2.52. The first kappa shape index (κ1) is 14.6. The highest BCUT2D eigenvalue weighted by atomic mass is 35.5. The number of rotatable bonds is 2. The second-order valence-electron chi connectivity index (χ2n) is 5.06. The Morgan fingerprint density at radius 3 is 2.42 bits per heavy atom. The van der Waals surface area contributed by atoms with Crippen LogP contribution in [-0.2, 0) is 4.79 Å². The lowest BCUT2D eigenvalue weighted by Gasteiger charge is -2.20. The predicted molar refractivity (Wildman–Crippen MR) is 79.6 cm³/mol. The fraction of sp³-hybridized carbons (Fsp3) is 0.500. The van der Waals surface area contributed by atoms with Gasteiger partial charge in [0.2, 0.25) is 5.91 Å². The van der Waals surface area contributed by atoms with E-state index in [-0.39, 0.29) is 17.9 Å². The third-order valence-electron chi connectivity index (χ3n) is 3.54. The molecule has 19 heavy (non-hydrogen) atoms. The van der Waals surface area contributed by atoms with Crippen molar-refractivity contribution in [2.24, 2.45) is 11.7 Å². The molecular weight excluding hydrogens is 283 g/mol. The number of nitrogens with two attached hydrogens (primary N) is 1. The lowest BCUT2D eigenvalue weighted by Crippen LogP contribution is -2.37. The minimum atomic E-state index is -0.125. The van der Waals surface area contributed by atoms with Gasteiger partial charge in [-0.1, -0.05) is 42.5 Å². The van der Waals surface area contributed by atoms with E-state index >= 15 is 0 Å². The second kappa shape index (κ2) is 6.60. The van der Waals surface area contributed by atoms with Crippen LogP contribution in [0, 0.1) is 5.92 Å². The molecule has 0 aliphatic heterocycles. The number of hydrogen-bond acceptors (Lipinski definition) is 2. The van der Waals surface area contributed by atoms with Crippen LogP contribution in [0.4, 0.5) is 5.69 Å². The van der Waals surface area contributed by atoms with E-state index in [9.17, 15) is 4.79 Å². The Hall–Kier alpha value is -0.770. The average molecular weight is 301 g/mol. The Balaban J connectivity index is 2.06. The number of hydrogen-bond donors (Lipinski definition) is 2. The number of halogens is 2. The zero-order valence-electron chi connectivity index (χ0n) is 10.7. The van der Waals surface area contributed by atoms with E-state index < -0.39 is 0 Å². The van der Waals surface area contributed by atoms with Gasteiger partial charge in [-0.2, -0.15) is 0 Å². The number of carbonyl (C=O) groups excluding carboxylic acids is 1. The molecule has 3 nitrogen and oxygen atoms in total. The summed E-state index contributed by atoms with van der Waals surface area (Å²) in [5.74, 6) is -0.159. The van der Waals surface area contributed by atoms with Crippen LogP contribution in [0.3, 0.4) is 0 Å². The number of amides is 1. The third-order valence-corrected chi connectivity index (χ3v) is 3.97. The minimum Gasteiger partial charge on any atom is -0.327 e. The van der Waals surface area contributed by atoms with E-state index in [4.69, 9.17) is 28.9 Å². The summed E-state index contributed by atoms with van der Waals surface area (Å²) in [6.07, 6.45) is 5.08. The molecule has 5 heteroatoms. The molecule has 2 unspecified atom stereocenters. The van der Waals surface area contributed by atoms with E-state index in [1.165, 1.54) is 0 Å². The second-order valence-corrected chi connectivity index (χ2v) is 5.93. The Morgan fingerprint density at radius 2 is 1.74 bits per heavy atom. The van der Waals surface area contributed by atoms with Gasteiger partial charge in [-0.05, 0) is 31.0 Å². The van der Waals surface area contributed by atoms with Gasteiger partial charge in [-0.15, -0.1) is 0 Å². The molecule has 1 saturated carbocycles. The fourth-order valence-corrected chi connectivity index (χ4v) is 3.05. The lowest BCUT2D eigenvalue weighted by atomic mass is 9.94. The van der Waals surface area contributed by atoms with Crippen molar-refractivity contribution in [2.45, 2.75) is 38.1 Å². The van der Waals surface area contributed by atoms with Crippen molar-refractivity contribution >= 4 is 34.8 Å². The molecule has 0 aromatic heterocycles. The first-order valence-corrected chi connectivity index (χ1v) is 7.34. The number of anilines is 1. The van der Waals surface area contributed by atoms with Gasteiger partial charge in [0.15, 0.2) is 0 Å². The van der Waals surface area contributed by atoms with Crippen LogP contribution in [0.25, 0.3) is 0 Å². The molecule has 0 saturated heterocycles. The van der Waals surface area contributed by atoms with Gasteiger partial charge in [0.25, 0.3) is 0 Å². The summed E-state index contributed by atoms with van der Waals surface area (Å²) in [5, 5.41) is 3.88. The summed E-state index contributed by atoms with van der Waals surface area (Å²) in [5.41, 5.74) is 6.70. The molecule has 0 radical (unpaired) electrons. The molecule has 1 aliphatic rings. The molecule has 3 N–H and O–H groups in total. The standard InChI is InChI=1S/C14H18Cl2N2O/c15-9-6-10(16)8-11(7-9)18-14(19)12-4-2-1-3-5-13(12)17/h6-8,12-13H,1-5,17H2,(H,18,19). The smallest absolute Gasteiger partial charge is 0.229 e. The molecule has 1 amide bonds. The summed E-state index contributed by atoms with van der Waals surface area (Å²) in [7, 11) is 0. The quantitative estimate of drug-likeness (QED) is 0.815. The van der Waals surface area contributed by atoms with Crippen molar-refractivity contribution in [2.75, 3.05) is 5.32 Å². The van der Waals surface area contributed by atoms with Crippen molar-refractivity contribution < 1.29 is 4.79 Å². The molecule has 0 bridgehead atoms. The van der Waals surface area contributed by atoms with Gasteiger partial charge in [0.1, 0.15) is 0 Å². The molecule has 0 spiro atoms. The first-order chi connectivity index (χ1) is 9.06. The number of carbonyl (C=O) groups is 1. The number of benzene rings is 1. The summed E-state index contributed by atoms with van der Waals surface area (Å²) < 4.78 is 0. The van der Waals surface area contributed by atoms with Gasteiger partial charge in [-0.25, -0.2) is 0 Å². The minimum absolute atomic E-state index is 0.0345. The van der Waals surface area contributed by atoms with E-state index in [0.29, 0.717) is 15.7 Å². The maximum absolute atomic E-state index is 12.3. The Kier molecular flexibility index (Phi) is 5.08. The summed E-state index contributed by atoms with van der Waals surface area (Å²) in [6.45, 7) is 0. The van der Waals surface area contributed by atoms with Crippen LogP contribution in [0.2, 0.25) is 10.0 Å². The maximum atomic E-state index is 12.3. The topological polar surface area (TPSA) is 55.1 Å². The van der Waals surface area contributed by atoms with Crippen LogP contribution in [-0.4, -0.2) is 11.9 Å². The highest BCUT2D eigenvalue weighted by molar-refractivity contribution is 6.35. The monoisotopic (exact) mass is 300 g/mol. The molecular formula is C14H18Cl2N2O. The summed E-state index contributed by atoms with van der Waals surface area (Å²) >= 11 is 11.8. The fourth-order valence-electron chi connectivity index (χ4n) is 2.52. The Bertz CT molecular complexity index is 445. The molecule has 1 fully saturated rings. The Morgan fingerprint density at radius 1 is 1.11 bits per heavy atom. The van der Waals surface area contributed by atoms with Crippen molar-refractivity contribution in [3.05, 3.63) is 28.2 Å². The molecule has 2 atom stereocenters. The summed E-state index contributed by atoms with van der Waals surface area (Å²) in [4.78, 5) is 12.3.